The maximum atomic E-state index is 4.44. The van der Waals surface area contributed by atoms with Crippen molar-refractivity contribution in [2.24, 2.45) is 0 Å². The van der Waals surface area contributed by atoms with Crippen LogP contribution in [0.1, 0.15) is 4.88 Å². The van der Waals surface area contributed by atoms with Gasteiger partial charge in [-0.05, 0) is 37.9 Å². The maximum Gasteiger partial charge on any atom is 0.224 e. The van der Waals surface area contributed by atoms with Crippen molar-refractivity contribution < 1.29 is 0 Å². The molecule has 2 rings (SSSR count). The zero-order valence-electron chi connectivity index (χ0n) is 9.94. The van der Waals surface area contributed by atoms with E-state index in [1.807, 2.05) is 14.1 Å². The number of rotatable bonds is 4. The van der Waals surface area contributed by atoms with E-state index < -0.39 is 0 Å². The molecule has 0 aromatic carbocycles. The van der Waals surface area contributed by atoms with Gasteiger partial charge in [0.15, 0.2) is 0 Å². The number of hydrogen-bond donors (Lipinski definition) is 1. The molecule has 0 saturated heterocycles. The van der Waals surface area contributed by atoms with E-state index in [0.717, 1.165) is 21.3 Å². The maximum absolute atomic E-state index is 4.44. The van der Waals surface area contributed by atoms with Crippen molar-refractivity contribution in [2.45, 2.75) is 6.54 Å². The van der Waals surface area contributed by atoms with E-state index in [9.17, 15) is 0 Å². The molecule has 0 radical (unpaired) electrons. The molecule has 0 bridgehead atoms. The standard InChI is InChI=1S/C11H12Br2N4S/c1-14-11-15-4-9(13)10(16-11)17(2)5-8-3-7(12)6-18-8/h3-4,6H,5H2,1-2H3,(H,14,15,16). The van der Waals surface area contributed by atoms with Crippen LogP contribution in [-0.4, -0.2) is 24.1 Å². The van der Waals surface area contributed by atoms with Crippen LogP contribution in [0.25, 0.3) is 0 Å². The fourth-order valence-corrected chi connectivity index (χ4v) is 3.49. The van der Waals surface area contributed by atoms with E-state index >= 15 is 0 Å². The number of thiophene rings is 1. The van der Waals surface area contributed by atoms with Gasteiger partial charge in [-0.1, -0.05) is 0 Å². The lowest BCUT2D eigenvalue weighted by Gasteiger charge is -2.18. The minimum absolute atomic E-state index is 0.618. The third-order valence-electron chi connectivity index (χ3n) is 2.33. The highest BCUT2D eigenvalue weighted by Crippen LogP contribution is 2.27. The second-order valence-electron chi connectivity index (χ2n) is 3.70. The molecule has 0 aliphatic carbocycles. The molecule has 18 heavy (non-hydrogen) atoms. The van der Waals surface area contributed by atoms with Gasteiger partial charge in [0, 0.05) is 35.0 Å². The third kappa shape index (κ3) is 3.21. The second kappa shape index (κ2) is 5.99. The number of nitrogens with one attached hydrogen (secondary N) is 1. The van der Waals surface area contributed by atoms with Crippen LogP contribution < -0.4 is 10.2 Å². The molecule has 4 nitrogen and oxygen atoms in total. The van der Waals surface area contributed by atoms with Gasteiger partial charge in [-0.25, -0.2) is 4.98 Å². The first-order valence-electron chi connectivity index (χ1n) is 5.24. The zero-order chi connectivity index (χ0) is 13.1. The van der Waals surface area contributed by atoms with Gasteiger partial charge in [0.2, 0.25) is 5.95 Å². The lowest BCUT2D eigenvalue weighted by Crippen LogP contribution is -2.18. The van der Waals surface area contributed by atoms with Crippen molar-refractivity contribution in [3.63, 3.8) is 0 Å². The molecule has 1 N–H and O–H groups in total. The van der Waals surface area contributed by atoms with Crippen LogP contribution in [0.2, 0.25) is 0 Å². The summed E-state index contributed by atoms with van der Waals surface area (Å²) in [7, 11) is 3.82. The van der Waals surface area contributed by atoms with Crippen molar-refractivity contribution in [2.75, 3.05) is 24.3 Å². The van der Waals surface area contributed by atoms with Crippen LogP contribution in [0.5, 0.6) is 0 Å². The zero-order valence-corrected chi connectivity index (χ0v) is 13.9. The molecule has 2 heterocycles. The summed E-state index contributed by atoms with van der Waals surface area (Å²) in [5, 5.41) is 5.02. The number of nitrogens with zero attached hydrogens (tertiary/aromatic N) is 3. The smallest absolute Gasteiger partial charge is 0.224 e. The molecule has 0 unspecified atom stereocenters. The molecule has 0 aliphatic rings. The Hall–Kier alpha value is -0.660. The summed E-state index contributed by atoms with van der Waals surface area (Å²) < 4.78 is 2.01. The summed E-state index contributed by atoms with van der Waals surface area (Å²) >= 11 is 8.67. The van der Waals surface area contributed by atoms with Gasteiger partial charge in [-0.15, -0.1) is 11.3 Å². The number of aromatic nitrogens is 2. The van der Waals surface area contributed by atoms with Crippen molar-refractivity contribution in [1.82, 2.24) is 9.97 Å². The molecule has 0 saturated carbocycles. The Kier molecular flexibility index (Phi) is 4.58. The SMILES string of the molecule is CNc1ncc(Br)c(N(C)Cc2cc(Br)cs2)n1. The lowest BCUT2D eigenvalue weighted by molar-refractivity contribution is 0.900. The molecule has 2 aromatic rings. The largest absolute Gasteiger partial charge is 0.357 e. The van der Waals surface area contributed by atoms with Gasteiger partial charge in [-0.3, -0.25) is 0 Å². The van der Waals surface area contributed by atoms with Gasteiger partial charge in [0.05, 0.1) is 11.0 Å². The van der Waals surface area contributed by atoms with Crippen LogP contribution in [0.3, 0.4) is 0 Å². The fraction of sp³-hybridized carbons (Fsp3) is 0.273. The molecule has 2 aromatic heterocycles. The highest BCUT2D eigenvalue weighted by molar-refractivity contribution is 9.10. The normalized spacial score (nSPS) is 10.4. The third-order valence-corrected chi connectivity index (χ3v) is 4.57. The predicted octanol–water partition coefficient (Wildman–Crippen LogP) is 3.74. The predicted molar refractivity (Wildman–Crippen MR) is 83.4 cm³/mol. The van der Waals surface area contributed by atoms with Gasteiger partial charge in [0.25, 0.3) is 0 Å². The molecule has 0 atom stereocenters. The van der Waals surface area contributed by atoms with E-state index in [2.05, 4.69) is 63.5 Å². The van der Waals surface area contributed by atoms with Crippen LogP contribution >= 0.6 is 43.2 Å². The van der Waals surface area contributed by atoms with Gasteiger partial charge in [-0.2, -0.15) is 4.98 Å². The minimum atomic E-state index is 0.618. The Morgan fingerprint density at radius 1 is 1.44 bits per heavy atom. The molecule has 0 spiro atoms. The topological polar surface area (TPSA) is 41.1 Å². The average molecular weight is 392 g/mol. The summed E-state index contributed by atoms with van der Waals surface area (Å²) in [5.41, 5.74) is 0. The van der Waals surface area contributed by atoms with Gasteiger partial charge < -0.3 is 10.2 Å². The first kappa shape index (κ1) is 13.8. The average Bonchev–Trinajstić information content (AvgIpc) is 2.75. The van der Waals surface area contributed by atoms with Crippen molar-refractivity contribution in [3.05, 3.63) is 31.5 Å². The molecule has 96 valence electrons. The summed E-state index contributed by atoms with van der Waals surface area (Å²) in [6.07, 6.45) is 1.76. The van der Waals surface area contributed by atoms with Crippen LogP contribution in [0.15, 0.2) is 26.6 Å². The summed E-state index contributed by atoms with van der Waals surface area (Å²) in [4.78, 5) is 12.0. The molecule has 0 amide bonds. The fourth-order valence-electron chi connectivity index (χ4n) is 1.49. The minimum Gasteiger partial charge on any atom is -0.357 e. The Labute approximate surface area is 127 Å². The number of halogens is 2. The quantitative estimate of drug-likeness (QED) is 0.861. The van der Waals surface area contributed by atoms with Gasteiger partial charge >= 0.3 is 0 Å². The second-order valence-corrected chi connectivity index (χ2v) is 6.47. The van der Waals surface area contributed by atoms with Crippen LogP contribution in [0, 0.1) is 0 Å². The Balaban J connectivity index is 2.20. The summed E-state index contributed by atoms with van der Waals surface area (Å²) in [5.74, 6) is 1.49. The van der Waals surface area contributed by atoms with E-state index in [1.54, 1.807) is 17.5 Å². The molecule has 0 aliphatic heterocycles. The first-order chi connectivity index (χ1) is 8.60. The van der Waals surface area contributed by atoms with Crippen LogP contribution in [-0.2, 0) is 6.54 Å². The van der Waals surface area contributed by atoms with Crippen LogP contribution in [0.4, 0.5) is 11.8 Å². The summed E-state index contributed by atoms with van der Waals surface area (Å²) in [6.45, 7) is 0.815. The van der Waals surface area contributed by atoms with Gasteiger partial charge in [0.1, 0.15) is 5.82 Å². The van der Waals surface area contributed by atoms with Crippen molar-refractivity contribution >= 4 is 55.0 Å². The number of hydrogen-bond acceptors (Lipinski definition) is 5. The van der Waals surface area contributed by atoms with E-state index in [1.165, 1.54) is 4.88 Å². The van der Waals surface area contributed by atoms with E-state index in [4.69, 9.17) is 0 Å². The van der Waals surface area contributed by atoms with Crippen molar-refractivity contribution in [3.8, 4) is 0 Å². The highest BCUT2D eigenvalue weighted by Gasteiger charge is 2.11. The Morgan fingerprint density at radius 2 is 2.22 bits per heavy atom. The first-order valence-corrected chi connectivity index (χ1v) is 7.71. The molecular weight excluding hydrogens is 380 g/mol. The van der Waals surface area contributed by atoms with Crippen molar-refractivity contribution in [1.29, 1.82) is 0 Å². The molecular formula is C11H12Br2N4S. The Bertz CT molecular complexity index is 544. The van der Waals surface area contributed by atoms with E-state index in [0.29, 0.717) is 5.95 Å². The Morgan fingerprint density at radius 3 is 2.83 bits per heavy atom. The summed E-state index contributed by atoms with van der Waals surface area (Å²) in [6, 6.07) is 2.12. The lowest BCUT2D eigenvalue weighted by atomic mass is 10.4. The number of anilines is 2. The van der Waals surface area contributed by atoms with E-state index in [-0.39, 0.29) is 0 Å². The highest BCUT2D eigenvalue weighted by atomic mass is 79.9. The monoisotopic (exact) mass is 390 g/mol. The molecule has 7 heteroatoms. The molecule has 0 fully saturated rings.